The Labute approximate surface area is 136 Å². The quantitative estimate of drug-likeness (QED) is 0.924. The van der Waals surface area contributed by atoms with Gasteiger partial charge in [0.15, 0.2) is 0 Å². The number of carbonyl (C=O) groups excluding carboxylic acids is 1. The maximum Gasteiger partial charge on any atom is 0.306 e. The summed E-state index contributed by atoms with van der Waals surface area (Å²) in [6, 6.07) is 8.39. The third-order valence-electron chi connectivity index (χ3n) is 4.81. The first-order chi connectivity index (χ1) is 11.1. The predicted molar refractivity (Wildman–Crippen MR) is 85.3 cm³/mol. The van der Waals surface area contributed by atoms with Gasteiger partial charge >= 0.3 is 5.97 Å². The standard InChI is InChI=1S/C18H23NO4/c20-17(19-8-9-23-15(12-19)11-18(21)22)10-14-6-3-5-13-4-1-2-7-16(13)14/h1-2,4,7,14-15H,3,5-6,8-12H2,(H,21,22)/t14-,15+/m1/s1. The molecule has 0 bridgehead atoms. The molecule has 1 amide bonds. The van der Waals surface area contributed by atoms with Crippen LogP contribution in [0.15, 0.2) is 24.3 Å². The number of benzene rings is 1. The minimum atomic E-state index is -0.884. The van der Waals surface area contributed by atoms with Gasteiger partial charge in [-0.3, -0.25) is 9.59 Å². The molecule has 5 heteroatoms. The first kappa shape index (κ1) is 16.0. The largest absolute Gasteiger partial charge is 0.481 e. The van der Waals surface area contributed by atoms with Gasteiger partial charge in [0.05, 0.1) is 19.1 Å². The van der Waals surface area contributed by atoms with Crippen LogP contribution in [0.2, 0.25) is 0 Å². The zero-order valence-electron chi connectivity index (χ0n) is 13.2. The summed E-state index contributed by atoms with van der Waals surface area (Å²) in [5, 5.41) is 8.88. The van der Waals surface area contributed by atoms with Crippen LogP contribution in [0.25, 0.3) is 0 Å². The van der Waals surface area contributed by atoms with Gasteiger partial charge in [-0.1, -0.05) is 24.3 Å². The van der Waals surface area contributed by atoms with Crippen molar-refractivity contribution >= 4 is 11.9 Å². The van der Waals surface area contributed by atoms with Crippen molar-refractivity contribution in [3.8, 4) is 0 Å². The molecule has 1 aromatic rings. The van der Waals surface area contributed by atoms with Gasteiger partial charge in [0.2, 0.25) is 5.91 Å². The highest BCUT2D eigenvalue weighted by Crippen LogP contribution is 2.34. The Morgan fingerprint density at radius 2 is 2.09 bits per heavy atom. The number of carboxylic acids is 1. The highest BCUT2D eigenvalue weighted by atomic mass is 16.5. The fourth-order valence-corrected chi connectivity index (χ4v) is 3.67. The molecule has 2 atom stereocenters. The number of aryl methyl sites for hydroxylation is 1. The molecule has 0 saturated carbocycles. The molecule has 2 aliphatic rings. The molecule has 1 fully saturated rings. The van der Waals surface area contributed by atoms with Gasteiger partial charge in [0.1, 0.15) is 0 Å². The van der Waals surface area contributed by atoms with Crippen LogP contribution >= 0.6 is 0 Å². The average Bonchev–Trinajstić information content (AvgIpc) is 2.55. The number of hydrogen-bond acceptors (Lipinski definition) is 3. The van der Waals surface area contributed by atoms with E-state index in [9.17, 15) is 9.59 Å². The average molecular weight is 317 g/mol. The van der Waals surface area contributed by atoms with E-state index in [0.717, 1.165) is 19.3 Å². The van der Waals surface area contributed by atoms with Crippen molar-refractivity contribution in [2.24, 2.45) is 0 Å². The van der Waals surface area contributed by atoms with Gasteiger partial charge in [-0.2, -0.15) is 0 Å². The molecule has 1 N–H and O–H groups in total. The summed E-state index contributed by atoms with van der Waals surface area (Å²) in [6.45, 7) is 1.37. The number of carbonyl (C=O) groups is 2. The summed E-state index contributed by atoms with van der Waals surface area (Å²) >= 11 is 0. The van der Waals surface area contributed by atoms with Crippen molar-refractivity contribution in [2.45, 2.75) is 44.1 Å². The first-order valence-corrected chi connectivity index (χ1v) is 8.32. The van der Waals surface area contributed by atoms with Crippen LogP contribution in [0.1, 0.15) is 42.7 Å². The van der Waals surface area contributed by atoms with Crippen molar-refractivity contribution in [3.05, 3.63) is 35.4 Å². The molecule has 124 valence electrons. The lowest BCUT2D eigenvalue weighted by atomic mass is 9.81. The van der Waals surface area contributed by atoms with Crippen LogP contribution in [0.3, 0.4) is 0 Å². The van der Waals surface area contributed by atoms with Crippen LogP contribution < -0.4 is 0 Å². The van der Waals surface area contributed by atoms with E-state index in [1.165, 1.54) is 11.1 Å². The highest BCUT2D eigenvalue weighted by molar-refractivity contribution is 5.77. The number of nitrogens with zero attached hydrogens (tertiary/aromatic N) is 1. The molecule has 1 aliphatic heterocycles. The molecule has 5 nitrogen and oxygen atoms in total. The van der Waals surface area contributed by atoms with Crippen molar-refractivity contribution in [1.29, 1.82) is 0 Å². The zero-order valence-corrected chi connectivity index (χ0v) is 13.2. The van der Waals surface area contributed by atoms with Crippen LogP contribution in [-0.2, 0) is 20.7 Å². The monoisotopic (exact) mass is 317 g/mol. The van der Waals surface area contributed by atoms with E-state index < -0.39 is 5.97 Å². The lowest BCUT2D eigenvalue weighted by Gasteiger charge is -2.34. The number of morpholine rings is 1. The Kier molecular flexibility index (Phi) is 4.96. The Morgan fingerprint density at radius 3 is 2.91 bits per heavy atom. The fraction of sp³-hybridized carbons (Fsp3) is 0.556. The molecule has 3 rings (SSSR count). The van der Waals surface area contributed by atoms with Gasteiger partial charge in [-0.25, -0.2) is 0 Å². The van der Waals surface area contributed by atoms with Gasteiger partial charge < -0.3 is 14.7 Å². The number of ether oxygens (including phenoxy) is 1. The van der Waals surface area contributed by atoms with Crippen LogP contribution in [0, 0.1) is 0 Å². The van der Waals surface area contributed by atoms with Crippen molar-refractivity contribution < 1.29 is 19.4 Å². The molecular formula is C18H23NO4. The molecule has 1 aliphatic carbocycles. The predicted octanol–water partition coefficient (Wildman–Crippen LogP) is 2.20. The Morgan fingerprint density at radius 1 is 1.26 bits per heavy atom. The van der Waals surface area contributed by atoms with E-state index in [0.29, 0.717) is 26.1 Å². The van der Waals surface area contributed by atoms with E-state index in [1.807, 2.05) is 6.07 Å². The lowest BCUT2D eigenvalue weighted by Crippen LogP contribution is -2.46. The second-order valence-corrected chi connectivity index (χ2v) is 6.42. The molecular weight excluding hydrogens is 294 g/mol. The van der Waals surface area contributed by atoms with Gasteiger partial charge in [0, 0.05) is 19.5 Å². The molecule has 0 unspecified atom stereocenters. The minimum absolute atomic E-state index is 0.0456. The van der Waals surface area contributed by atoms with Crippen LogP contribution in [-0.4, -0.2) is 47.7 Å². The SMILES string of the molecule is O=C(O)C[C@H]1CN(C(=O)C[C@H]2CCCc3ccccc32)CCO1. The number of rotatable bonds is 4. The summed E-state index contributed by atoms with van der Waals surface area (Å²) in [5.41, 5.74) is 2.67. The van der Waals surface area contributed by atoms with Crippen LogP contribution in [0.5, 0.6) is 0 Å². The van der Waals surface area contributed by atoms with E-state index in [-0.39, 0.29) is 24.3 Å². The number of aliphatic carboxylic acids is 1. The van der Waals surface area contributed by atoms with E-state index >= 15 is 0 Å². The van der Waals surface area contributed by atoms with Crippen molar-refractivity contribution in [1.82, 2.24) is 4.90 Å². The number of carboxylic acid groups (broad SMARTS) is 1. The van der Waals surface area contributed by atoms with E-state index in [1.54, 1.807) is 4.90 Å². The molecule has 1 heterocycles. The summed E-state index contributed by atoms with van der Waals surface area (Å²) in [4.78, 5) is 25.2. The van der Waals surface area contributed by atoms with Crippen molar-refractivity contribution in [3.63, 3.8) is 0 Å². The molecule has 23 heavy (non-hydrogen) atoms. The maximum absolute atomic E-state index is 12.6. The zero-order chi connectivity index (χ0) is 16.2. The number of amides is 1. The maximum atomic E-state index is 12.6. The summed E-state index contributed by atoms with van der Waals surface area (Å²) in [5.74, 6) is -0.482. The normalized spacial score (nSPS) is 24.1. The molecule has 0 spiro atoms. The van der Waals surface area contributed by atoms with Gasteiger partial charge in [0.25, 0.3) is 0 Å². The molecule has 1 saturated heterocycles. The van der Waals surface area contributed by atoms with Gasteiger partial charge in [-0.15, -0.1) is 0 Å². The number of hydrogen-bond donors (Lipinski definition) is 1. The second kappa shape index (κ2) is 7.13. The second-order valence-electron chi connectivity index (χ2n) is 6.42. The third kappa shape index (κ3) is 3.91. The smallest absolute Gasteiger partial charge is 0.306 e. The molecule has 0 radical (unpaired) electrons. The molecule has 0 aromatic heterocycles. The minimum Gasteiger partial charge on any atom is -0.481 e. The van der Waals surface area contributed by atoms with E-state index in [4.69, 9.17) is 9.84 Å². The topological polar surface area (TPSA) is 66.8 Å². The third-order valence-corrected chi connectivity index (χ3v) is 4.81. The summed E-state index contributed by atoms with van der Waals surface area (Å²) in [7, 11) is 0. The molecule has 1 aromatic carbocycles. The Bertz CT molecular complexity index is 586. The van der Waals surface area contributed by atoms with Gasteiger partial charge in [-0.05, 0) is 36.3 Å². The van der Waals surface area contributed by atoms with Crippen molar-refractivity contribution in [2.75, 3.05) is 19.7 Å². The van der Waals surface area contributed by atoms with Crippen LogP contribution in [0.4, 0.5) is 0 Å². The highest BCUT2D eigenvalue weighted by Gasteiger charge is 2.29. The summed E-state index contributed by atoms with van der Waals surface area (Å²) in [6.07, 6.45) is 3.35. The Balaban J connectivity index is 1.62. The van der Waals surface area contributed by atoms with E-state index in [2.05, 4.69) is 18.2 Å². The number of fused-ring (bicyclic) bond motifs is 1. The lowest BCUT2D eigenvalue weighted by molar-refractivity contribution is -0.147. The Hall–Kier alpha value is -1.88. The summed E-state index contributed by atoms with van der Waals surface area (Å²) < 4.78 is 5.44. The fourth-order valence-electron chi connectivity index (χ4n) is 3.67. The first-order valence-electron chi connectivity index (χ1n) is 8.32.